The third-order valence-corrected chi connectivity index (χ3v) is 4.72. The fourth-order valence-corrected chi connectivity index (χ4v) is 3.61. The van der Waals surface area contributed by atoms with E-state index in [0.29, 0.717) is 0 Å². The molecule has 3 rings (SSSR count). The summed E-state index contributed by atoms with van der Waals surface area (Å²) in [7, 11) is 0. The predicted octanol–water partition coefficient (Wildman–Crippen LogP) is 2.67. The zero-order valence-electron chi connectivity index (χ0n) is 9.67. The minimum absolute atomic E-state index is 0.283. The second kappa shape index (κ2) is 4.89. The van der Waals surface area contributed by atoms with Crippen LogP contribution in [0.3, 0.4) is 0 Å². The molecule has 0 saturated heterocycles. The summed E-state index contributed by atoms with van der Waals surface area (Å²) in [5.41, 5.74) is 2.18. The summed E-state index contributed by atoms with van der Waals surface area (Å²) in [4.78, 5) is 0. The third-order valence-electron chi connectivity index (χ3n) is 2.70. The summed E-state index contributed by atoms with van der Waals surface area (Å²) in [5, 5.41) is 11.4. The maximum atomic E-state index is 9.41. The van der Waals surface area contributed by atoms with Crippen LogP contribution in [-0.2, 0) is 5.32 Å². The van der Waals surface area contributed by atoms with Gasteiger partial charge in [-0.2, -0.15) is 0 Å². The fourth-order valence-electron chi connectivity index (χ4n) is 1.81. The average Bonchev–Trinajstić information content (AvgIpc) is 2.79. The summed E-state index contributed by atoms with van der Waals surface area (Å²) < 4.78 is 6.78. The first-order valence-electron chi connectivity index (χ1n) is 5.70. The van der Waals surface area contributed by atoms with Crippen LogP contribution >= 0.6 is 0 Å². The van der Waals surface area contributed by atoms with Crippen molar-refractivity contribution in [1.82, 2.24) is 0 Å². The standard InChI is InChI=1S/C15H12O2Se/c16-13-6-7-14-12(8-13)9-15(17-14)18-10-11-4-2-1-3-5-11/h1-9,16H,10H2. The molecule has 0 aliphatic carbocycles. The van der Waals surface area contributed by atoms with Crippen LogP contribution < -0.4 is 4.66 Å². The number of aromatic hydroxyl groups is 1. The first kappa shape index (κ1) is 11.4. The molecule has 1 N–H and O–H groups in total. The number of furan rings is 1. The Bertz CT molecular complexity index is 659. The second-order valence-electron chi connectivity index (χ2n) is 4.06. The van der Waals surface area contributed by atoms with Gasteiger partial charge in [0, 0.05) is 0 Å². The normalized spacial score (nSPS) is 10.9. The molecule has 1 heterocycles. The second-order valence-corrected chi connectivity index (χ2v) is 6.12. The van der Waals surface area contributed by atoms with Crippen molar-refractivity contribution in [1.29, 1.82) is 0 Å². The van der Waals surface area contributed by atoms with Crippen molar-refractivity contribution in [3.63, 3.8) is 0 Å². The van der Waals surface area contributed by atoms with Gasteiger partial charge in [0.2, 0.25) is 0 Å². The van der Waals surface area contributed by atoms with Gasteiger partial charge in [-0.05, 0) is 0 Å². The van der Waals surface area contributed by atoms with Gasteiger partial charge in [0.05, 0.1) is 0 Å². The van der Waals surface area contributed by atoms with Crippen LogP contribution in [0, 0.1) is 0 Å². The Labute approximate surface area is 111 Å². The van der Waals surface area contributed by atoms with Crippen LogP contribution in [0.15, 0.2) is 59.0 Å². The van der Waals surface area contributed by atoms with Crippen LogP contribution in [-0.4, -0.2) is 20.1 Å². The number of phenolic OH excluding ortho intramolecular Hbond substituents is 1. The van der Waals surface area contributed by atoms with E-state index >= 15 is 0 Å². The van der Waals surface area contributed by atoms with Crippen LogP contribution in [0.2, 0.25) is 0 Å². The van der Waals surface area contributed by atoms with E-state index in [1.165, 1.54) is 5.56 Å². The van der Waals surface area contributed by atoms with E-state index in [1.807, 2.05) is 18.2 Å². The fraction of sp³-hybridized carbons (Fsp3) is 0.0667. The summed E-state index contributed by atoms with van der Waals surface area (Å²) in [6.07, 6.45) is 0. The van der Waals surface area contributed by atoms with Gasteiger partial charge in [-0.1, -0.05) is 0 Å². The van der Waals surface area contributed by atoms with E-state index in [1.54, 1.807) is 12.1 Å². The molecule has 0 fully saturated rings. The van der Waals surface area contributed by atoms with Crippen LogP contribution in [0.4, 0.5) is 0 Å². The average molecular weight is 303 g/mol. The molecule has 0 aliphatic rings. The molecule has 0 amide bonds. The van der Waals surface area contributed by atoms with Crippen molar-refractivity contribution >= 4 is 30.6 Å². The zero-order valence-corrected chi connectivity index (χ0v) is 11.4. The molecule has 0 bridgehead atoms. The first-order chi connectivity index (χ1) is 8.81. The van der Waals surface area contributed by atoms with E-state index in [-0.39, 0.29) is 20.7 Å². The van der Waals surface area contributed by atoms with E-state index in [9.17, 15) is 5.11 Å². The van der Waals surface area contributed by atoms with Gasteiger partial charge in [0.25, 0.3) is 0 Å². The number of fused-ring (bicyclic) bond motifs is 1. The van der Waals surface area contributed by atoms with E-state index in [2.05, 4.69) is 24.3 Å². The topological polar surface area (TPSA) is 33.4 Å². The van der Waals surface area contributed by atoms with Crippen molar-refractivity contribution in [3.05, 3.63) is 60.2 Å². The Kier molecular flexibility index (Phi) is 3.09. The molecule has 0 unspecified atom stereocenters. The Balaban J connectivity index is 1.79. The predicted molar refractivity (Wildman–Crippen MR) is 73.4 cm³/mol. The SMILES string of the molecule is Oc1ccc2oc([Se]Cc3ccccc3)cc2c1. The molecule has 3 aromatic rings. The molecule has 2 aromatic carbocycles. The molecule has 0 spiro atoms. The molecular formula is C15H12O2Se. The molecule has 0 saturated carbocycles. The number of hydrogen-bond donors (Lipinski definition) is 1. The number of rotatable bonds is 3. The maximum absolute atomic E-state index is 9.41. The molecule has 90 valence electrons. The van der Waals surface area contributed by atoms with Gasteiger partial charge in [-0.25, -0.2) is 0 Å². The number of hydrogen-bond acceptors (Lipinski definition) is 2. The van der Waals surface area contributed by atoms with Gasteiger partial charge in [0.1, 0.15) is 0 Å². The molecule has 18 heavy (non-hydrogen) atoms. The van der Waals surface area contributed by atoms with Crippen molar-refractivity contribution < 1.29 is 9.52 Å². The van der Waals surface area contributed by atoms with Crippen molar-refractivity contribution in [2.45, 2.75) is 5.32 Å². The summed E-state index contributed by atoms with van der Waals surface area (Å²) in [5.74, 6) is 0.283. The van der Waals surface area contributed by atoms with Gasteiger partial charge in [-0.15, -0.1) is 0 Å². The van der Waals surface area contributed by atoms with Gasteiger partial charge < -0.3 is 0 Å². The minimum atomic E-state index is 0.283. The van der Waals surface area contributed by atoms with Gasteiger partial charge in [-0.3, -0.25) is 0 Å². The molecule has 0 aliphatic heterocycles. The summed E-state index contributed by atoms with van der Waals surface area (Å²) in [6.45, 7) is 0. The third kappa shape index (κ3) is 2.42. The summed E-state index contributed by atoms with van der Waals surface area (Å²) >= 11 is 0.288. The van der Waals surface area contributed by atoms with E-state index < -0.39 is 0 Å². The Morgan fingerprint density at radius 1 is 1.00 bits per heavy atom. The van der Waals surface area contributed by atoms with Crippen LogP contribution in [0.5, 0.6) is 5.75 Å². The monoisotopic (exact) mass is 304 g/mol. The molecule has 3 heteroatoms. The van der Waals surface area contributed by atoms with Crippen molar-refractivity contribution in [2.75, 3.05) is 0 Å². The van der Waals surface area contributed by atoms with Crippen LogP contribution in [0.1, 0.15) is 5.56 Å². The Morgan fingerprint density at radius 2 is 1.83 bits per heavy atom. The number of phenols is 1. The number of benzene rings is 2. The van der Waals surface area contributed by atoms with Crippen molar-refractivity contribution in [2.24, 2.45) is 0 Å². The molecule has 1 aromatic heterocycles. The molecule has 0 atom stereocenters. The van der Waals surface area contributed by atoms with E-state index in [4.69, 9.17) is 4.42 Å². The molecular weight excluding hydrogens is 291 g/mol. The van der Waals surface area contributed by atoms with Gasteiger partial charge >= 0.3 is 111 Å². The van der Waals surface area contributed by atoms with Crippen molar-refractivity contribution in [3.8, 4) is 5.75 Å². The summed E-state index contributed by atoms with van der Waals surface area (Å²) in [6, 6.07) is 17.6. The Hall–Kier alpha value is -1.70. The molecule has 2 nitrogen and oxygen atoms in total. The quantitative estimate of drug-likeness (QED) is 0.755. The Morgan fingerprint density at radius 3 is 2.67 bits per heavy atom. The zero-order chi connectivity index (χ0) is 12.4. The van der Waals surface area contributed by atoms with Gasteiger partial charge in [0.15, 0.2) is 0 Å². The first-order valence-corrected chi connectivity index (χ1v) is 7.77. The van der Waals surface area contributed by atoms with E-state index in [0.717, 1.165) is 20.9 Å². The molecule has 0 radical (unpaired) electrons. The van der Waals surface area contributed by atoms with Crippen LogP contribution in [0.25, 0.3) is 11.0 Å².